The van der Waals surface area contributed by atoms with Crippen molar-refractivity contribution in [2.45, 2.75) is 18.6 Å². The molecule has 0 saturated carbocycles. The van der Waals surface area contributed by atoms with E-state index in [0.29, 0.717) is 13.1 Å². The van der Waals surface area contributed by atoms with E-state index < -0.39 is 25.4 Å². The molecule has 0 radical (unpaired) electrons. The smallest absolute Gasteiger partial charge is 0.248 e. The third-order valence-corrected chi connectivity index (χ3v) is 4.13. The molecule has 0 saturated heterocycles. The highest BCUT2D eigenvalue weighted by Gasteiger charge is 2.20. The zero-order valence-corrected chi connectivity index (χ0v) is 13.2. The van der Waals surface area contributed by atoms with Crippen LogP contribution in [0.4, 0.5) is 4.39 Å². The Labute approximate surface area is 135 Å². The molecule has 1 heterocycles. The molecular weight excluding hydrogens is 299 g/mol. The van der Waals surface area contributed by atoms with Crippen molar-refractivity contribution >= 4 is 11.5 Å². The fraction of sp³-hybridized carbons (Fsp3) is 0.471. The monoisotopic (exact) mass is 322 g/mol. The number of nitrogens with two attached hydrogens (primary N) is 1. The summed E-state index contributed by atoms with van der Waals surface area (Å²) in [5.41, 5.74) is 8.79. The molecule has 1 aliphatic rings. The molecule has 126 valence electrons. The Kier molecular flexibility index (Phi) is 6.27. The minimum Gasteiger partial charge on any atom is -0.387 e. The van der Waals surface area contributed by atoms with E-state index in [-0.39, 0.29) is 5.91 Å². The molecule has 1 aliphatic heterocycles. The summed E-state index contributed by atoms with van der Waals surface area (Å²) in [4.78, 5) is 13.1. The lowest BCUT2D eigenvalue weighted by molar-refractivity contribution is -0.133. The number of alkyl halides is 1. The molecule has 2 atom stereocenters. The molecule has 0 spiro atoms. The molecule has 1 amide bonds. The van der Waals surface area contributed by atoms with Crippen LogP contribution in [-0.4, -0.2) is 55.4 Å². The summed E-state index contributed by atoms with van der Waals surface area (Å²) in [5.74, 6) is -0.251. The van der Waals surface area contributed by atoms with E-state index in [4.69, 9.17) is 15.6 Å². The number of methoxy groups -OCH3 is 1. The van der Waals surface area contributed by atoms with Crippen LogP contribution >= 0.6 is 0 Å². The van der Waals surface area contributed by atoms with Crippen molar-refractivity contribution < 1.29 is 19.0 Å². The first-order valence-electron chi connectivity index (χ1n) is 7.63. The number of hydrogen-bond acceptors (Lipinski definition) is 4. The molecule has 6 heteroatoms. The number of rotatable bonds is 6. The highest BCUT2D eigenvalue weighted by molar-refractivity contribution is 5.79. The van der Waals surface area contributed by atoms with Crippen molar-refractivity contribution in [1.29, 1.82) is 0 Å². The molecule has 0 fully saturated rings. The minimum absolute atomic E-state index is 0.251. The summed E-state index contributed by atoms with van der Waals surface area (Å²) in [6.45, 7) is 0.00946. The van der Waals surface area contributed by atoms with E-state index in [1.807, 2.05) is 30.3 Å². The lowest BCUT2D eigenvalue weighted by Gasteiger charge is -2.26. The highest BCUT2D eigenvalue weighted by Crippen LogP contribution is 2.26. The largest absolute Gasteiger partial charge is 0.387 e. The van der Waals surface area contributed by atoms with Gasteiger partial charge in [0.05, 0.1) is 12.1 Å². The predicted octanol–water partition coefficient (Wildman–Crippen LogP) is 1.28. The van der Waals surface area contributed by atoms with E-state index in [1.165, 1.54) is 7.11 Å². The zero-order valence-electron chi connectivity index (χ0n) is 13.2. The number of hydrogen-bond donors (Lipinski definition) is 2. The molecule has 0 aromatic heterocycles. The van der Waals surface area contributed by atoms with Crippen molar-refractivity contribution in [3.05, 3.63) is 41.5 Å². The minimum atomic E-state index is -0.683. The summed E-state index contributed by atoms with van der Waals surface area (Å²) in [6.07, 6.45) is 2.27. The van der Waals surface area contributed by atoms with Crippen LogP contribution in [0.3, 0.4) is 0 Å². The molecular formula is C17H23FN2O3. The quantitative estimate of drug-likeness (QED) is 0.827. The maximum atomic E-state index is 12.7. The van der Waals surface area contributed by atoms with Crippen LogP contribution in [-0.2, 0) is 9.53 Å². The summed E-state index contributed by atoms with van der Waals surface area (Å²) < 4.78 is 18.0. The van der Waals surface area contributed by atoms with Gasteiger partial charge in [0.15, 0.2) is 0 Å². The van der Waals surface area contributed by atoms with Gasteiger partial charge in [-0.1, -0.05) is 30.3 Å². The average molecular weight is 322 g/mol. The summed E-state index contributed by atoms with van der Waals surface area (Å²) in [5, 5.41) is 8.88. The molecule has 2 rings (SSSR count). The highest BCUT2D eigenvalue weighted by atomic mass is 19.1. The number of aliphatic hydroxyl groups excluding tert-OH is 1. The molecule has 23 heavy (non-hydrogen) atoms. The Morgan fingerprint density at radius 3 is 2.61 bits per heavy atom. The molecule has 0 aliphatic carbocycles. The van der Waals surface area contributed by atoms with Crippen molar-refractivity contribution in [2.24, 2.45) is 5.73 Å². The van der Waals surface area contributed by atoms with Gasteiger partial charge in [-0.3, -0.25) is 4.79 Å². The van der Waals surface area contributed by atoms with Gasteiger partial charge in [0, 0.05) is 20.2 Å². The molecule has 5 nitrogen and oxygen atoms in total. The SMILES string of the molecule is CO[C@H](c1ccc(C2=CCN(C(=O)CO)CC2)cc1)[C@H](N)CF. The summed E-state index contributed by atoms with van der Waals surface area (Å²) in [6, 6.07) is 7.03. The summed E-state index contributed by atoms with van der Waals surface area (Å²) >= 11 is 0. The number of nitrogens with zero attached hydrogens (tertiary/aromatic N) is 1. The number of benzene rings is 1. The second-order valence-corrected chi connectivity index (χ2v) is 5.57. The zero-order chi connectivity index (χ0) is 16.8. The van der Waals surface area contributed by atoms with E-state index in [2.05, 4.69) is 0 Å². The van der Waals surface area contributed by atoms with Gasteiger partial charge in [0.1, 0.15) is 13.3 Å². The van der Waals surface area contributed by atoms with Crippen LogP contribution in [0.25, 0.3) is 5.57 Å². The van der Waals surface area contributed by atoms with Crippen LogP contribution in [0.15, 0.2) is 30.3 Å². The fourth-order valence-electron chi connectivity index (χ4n) is 2.78. The van der Waals surface area contributed by atoms with Crippen LogP contribution in [0.5, 0.6) is 0 Å². The Morgan fingerprint density at radius 1 is 1.43 bits per heavy atom. The van der Waals surface area contributed by atoms with Gasteiger partial charge < -0.3 is 20.5 Å². The Bertz CT molecular complexity index is 559. The number of amides is 1. The van der Waals surface area contributed by atoms with E-state index in [9.17, 15) is 9.18 Å². The van der Waals surface area contributed by atoms with Crippen molar-refractivity contribution in [3.8, 4) is 0 Å². The number of ether oxygens (including phenoxy) is 1. The molecule has 0 unspecified atom stereocenters. The molecule has 1 aromatic carbocycles. The van der Waals surface area contributed by atoms with E-state index in [1.54, 1.807) is 4.90 Å². The second kappa shape index (κ2) is 8.19. The number of carbonyl (C=O) groups is 1. The van der Waals surface area contributed by atoms with Crippen molar-refractivity contribution in [1.82, 2.24) is 4.90 Å². The standard InChI is InChI=1S/C17H23FN2O3/c1-23-17(15(19)10-18)14-4-2-12(3-5-14)13-6-8-20(9-7-13)16(22)11-21/h2-6,15,17,21H,7-11,19H2,1H3/t15-,17-/m1/s1. The fourth-order valence-corrected chi connectivity index (χ4v) is 2.78. The predicted molar refractivity (Wildman–Crippen MR) is 86.4 cm³/mol. The Morgan fingerprint density at radius 2 is 2.13 bits per heavy atom. The lowest BCUT2D eigenvalue weighted by Crippen LogP contribution is -2.36. The van der Waals surface area contributed by atoms with Crippen molar-refractivity contribution in [2.75, 3.05) is 33.5 Å². The van der Waals surface area contributed by atoms with Crippen molar-refractivity contribution in [3.63, 3.8) is 0 Å². The van der Waals surface area contributed by atoms with Gasteiger partial charge in [-0.2, -0.15) is 0 Å². The van der Waals surface area contributed by atoms with Gasteiger partial charge in [-0.05, 0) is 23.1 Å². The number of halogens is 1. The summed E-state index contributed by atoms with van der Waals surface area (Å²) in [7, 11) is 1.52. The van der Waals surface area contributed by atoms with Crippen LogP contribution < -0.4 is 5.73 Å². The van der Waals surface area contributed by atoms with Gasteiger partial charge in [-0.25, -0.2) is 4.39 Å². The van der Waals surface area contributed by atoms with Crippen LogP contribution in [0.2, 0.25) is 0 Å². The maximum Gasteiger partial charge on any atom is 0.248 e. The van der Waals surface area contributed by atoms with E-state index >= 15 is 0 Å². The first-order chi connectivity index (χ1) is 11.1. The van der Waals surface area contributed by atoms with Gasteiger partial charge in [-0.15, -0.1) is 0 Å². The van der Waals surface area contributed by atoms with Crippen LogP contribution in [0.1, 0.15) is 23.7 Å². The molecule has 3 N–H and O–H groups in total. The third kappa shape index (κ3) is 4.16. The average Bonchev–Trinajstić information content (AvgIpc) is 2.62. The normalized spacial score (nSPS) is 17.6. The first-order valence-corrected chi connectivity index (χ1v) is 7.63. The number of carbonyl (C=O) groups excluding carboxylic acids is 1. The second-order valence-electron chi connectivity index (χ2n) is 5.57. The van der Waals surface area contributed by atoms with Gasteiger partial charge in [0.2, 0.25) is 5.91 Å². The van der Waals surface area contributed by atoms with E-state index in [0.717, 1.165) is 23.1 Å². The maximum absolute atomic E-state index is 12.7. The Hall–Kier alpha value is -1.76. The van der Waals surface area contributed by atoms with Gasteiger partial charge >= 0.3 is 0 Å². The lowest BCUT2D eigenvalue weighted by atomic mass is 9.96. The first kappa shape index (κ1) is 17.6. The molecule has 0 bridgehead atoms. The van der Waals surface area contributed by atoms with Gasteiger partial charge in [0.25, 0.3) is 0 Å². The topological polar surface area (TPSA) is 75.8 Å². The van der Waals surface area contributed by atoms with Crippen LogP contribution in [0, 0.1) is 0 Å². The third-order valence-electron chi connectivity index (χ3n) is 4.13. The molecule has 1 aromatic rings. The Balaban J connectivity index is 2.08. The number of aliphatic hydroxyl groups is 1.